The summed E-state index contributed by atoms with van der Waals surface area (Å²) in [5, 5.41) is 5.20. The second-order valence-corrected chi connectivity index (χ2v) is 14.3. The molecule has 4 amide bonds. The topological polar surface area (TPSA) is 191 Å². The molecule has 49 heavy (non-hydrogen) atoms. The summed E-state index contributed by atoms with van der Waals surface area (Å²) in [4.78, 5) is 71.9. The fourth-order valence-corrected chi connectivity index (χ4v) is 5.02. The minimum Gasteiger partial charge on any atom is -0.456 e. The van der Waals surface area contributed by atoms with Crippen LogP contribution in [0.15, 0.2) is 30.3 Å². The molecular weight excluding hydrogens is 646 g/mol. The summed E-state index contributed by atoms with van der Waals surface area (Å²) < 4.78 is 5.65. The van der Waals surface area contributed by atoms with Crippen molar-refractivity contribution in [2.45, 2.75) is 117 Å². The molecule has 4 atom stereocenters. The van der Waals surface area contributed by atoms with Crippen LogP contribution in [-0.2, 0) is 28.7 Å². The number of nitrogens with one attached hydrogen (secondary N) is 2. The van der Waals surface area contributed by atoms with Gasteiger partial charge < -0.3 is 36.5 Å². The maximum atomic E-state index is 13.1. The summed E-state index contributed by atoms with van der Waals surface area (Å²) in [6.07, 6.45) is 7.99. The molecule has 0 aromatic heterocycles. The molecule has 1 aliphatic heterocycles. The molecule has 12 nitrogen and oxygen atoms in total. The highest BCUT2D eigenvalue weighted by atomic mass is 32.1. The van der Waals surface area contributed by atoms with E-state index in [4.69, 9.17) is 16.2 Å². The Balaban J connectivity index is 0.000000582. The second kappa shape index (κ2) is 22.3. The zero-order valence-corrected chi connectivity index (χ0v) is 31.0. The van der Waals surface area contributed by atoms with E-state index in [0.29, 0.717) is 31.2 Å². The third kappa shape index (κ3) is 16.7. The summed E-state index contributed by atoms with van der Waals surface area (Å²) in [6.45, 7) is 12.0. The minimum atomic E-state index is -0.918. The fraction of sp³-hybridized carbons (Fsp3) is 0.667. The Kier molecular flexibility index (Phi) is 19.8. The Morgan fingerprint density at radius 3 is 2.06 bits per heavy atom. The van der Waals surface area contributed by atoms with Crippen LogP contribution in [0.25, 0.3) is 0 Å². The lowest BCUT2D eigenvalue weighted by Crippen LogP contribution is -2.58. The lowest BCUT2D eigenvalue weighted by Gasteiger charge is -2.34. The van der Waals surface area contributed by atoms with Gasteiger partial charge in [0.25, 0.3) is 5.91 Å². The van der Waals surface area contributed by atoms with Gasteiger partial charge in [-0.25, -0.2) is 4.79 Å². The summed E-state index contributed by atoms with van der Waals surface area (Å²) in [7, 11) is 0. The average Bonchev–Trinajstić information content (AvgIpc) is 4.00. The molecule has 1 aromatic carbocycles. The van der Waals surface area contributed by atoms with Crippen molar-refractivity contribution in [3.8, 4) is 0 Å². The first-order chi connectivity index (χ1) is 23.1. The number of rotatable bonds is 12. The van der Waals surface area contributed by atoms with Crippen LogP contribution in [0.2, 0.25) is 0 Å². The van der Waals surface area contributed by atoms with Gasteiger partial charge in [-0.2, -0.15) is 12.6 Å². The van der Waals surface area contributed by atoms with Crippen molar-refractivity contribution in [3.63, 3.8) is 0 Å². The molecule has 276 valence electrons. The van der Waals surface area contributed by atoms with Gasteiger partial charge in [0.15, 0.2) is 0 Å². The number of amides is 4. The number of esters is 1. The molecule has 3 fully saturated rings. The quantitative estimate of drug-likeness (QED) is 0.0929. The molecule has 0 bridgehead atoms. The summed E-state index contributed by atoms with van der Waals surface area (Å²) >= 11 is 3.79. The van der Waals surface area contributed by atoms with E-state index in [1.165, 1.54) is 11.3 Å². The highest BCUT2D eigenvalue weighted by Gasteiger charge is 2.40. The number of thiol groups is 1. The Labute approximate surface area is 297 Å². The predicted molar refractivity (Wildman–Crippen MR) is 194 cm³/mol. The molecular formula is C36H59N5O7S. The van der Waals surface area contributed by atoms with Gasteiger partial charge in [0, 0.05) is 12.5 Å². The van der Waals surface area contributed by atoms with Crippen molar-refractivity contribution in [2.75, 3.05) is 18.8 Å². The van der Waals surface area contributed by atoms with Crippen LogP contribution in [0.4, 0.5) is 4.79 Å². The maximum Gasteiger partial charge on any atom is 0.326 e. The van der Waals surface area contributed by atoms with Crippen LogP contribution in [-0.4, -0.2) is 77.8 Å². The number of hydrogen-bond donors (Lipinski definition) is 5. The molecule has 1 heterocycles. The van der Waals surface area contributed by atoms with Gasteiger partial charge in [-0.15, -0.1) is 0 Å². The monoisotopic (exact) mass is 705 g/mol. The van der Waals surface area contributed by atoms with Crippen LogP contribution in [0.3, 0.4) is 0 Å². The van der Waals surface area contributed by atoms with E-state index in [1.54, 1.807) is 0 Å². The van der Waals surface area contributed by atoms with Crippen LogP contribution in [0.1, 0.15) is 105 Å². The number of primary amides is 1. The second-order valence-electron chi connectivity index (χ2n) is 13.7. The number of nitrogens with zero attached hydrogens (tertiary/aromatic N) is 1. The minimum absolute atomic E-state index is 0.289. The highest BCUT2D eigenvalue weighted by molar-refractivity contribution is 7.80. The van der Waals surface area contributed by atoms with E-state index in [2.05, 4.69) is 37.1 Å². The summed E-state index contributed by atoms with van der Waals surface area (Å²) in [5.41, 5.74) is 10.5. The zero-order chi connectivity index (χ0) is 37.1. The van der Waals surface area contributed by atoms with E-state index in [0.717, 1.165) is 49.7 Å². The van der Waals surface area contributed by atoms with Gasteiger partial charge in [0.05, 0.1) is 12.1 Å². The number of ketones is 1. The van der Waals surface area contributed by atoms with E-state index >= 15 is 0 Å². The number of urea groups is 1. The number of ether oxygens (including phenoxy) is 1. The van der Waals surface area contributed by atoms with E-state index in [-0.39, 0.29) is 18.6 Å². The normalized spacial score (nSPS) is 18.3. The number of likely N-dealkylation sites (tertiary alicyclic amines) is 1. The molecule has 0 spiro atoms. The molecule has 13 heteroatoms. The lowest BCUT2D eigenvalue weighted by atomic mass is 9.85. The first kappa shape index (κ1) is 43.6. The maximum absolute atomic E-state index is 13.1. The zero-order valence-electron chi connectivity index (χ0n) is 30.1. The van der Waals surface area contributed by atoms with Crippen LogP contribution >= 0.6 is 12.6 Å². The van der Waals surface area contributed by atoms with Crippen molar-refractivity contribution >= 4 is 48.5 Å². The van der Waals surface area contributed by atoms with Gasteiger partial charge in [0.1, 0.15) is 25.0 Å². The van der Waals surface area contributed by atoms with Gasteiger partial charge in [-0.05, 0) is 54.8 Å². The molecule has 1 aromatic rings. The van der Waals surface area contributed by atoms with Crippen LogP contribution in [0.5, 0.6) is 0 Å². The Bertz CT molecular complexity index is 1200. The number of hydrogen-bond acceptors (Lipinski definition) is 9. The van der Waals surface area contributed by atoms with Crippen molar-refractivity contribution in [1.82, 2.24) is 15.5 Å². The Morgan fingerprint density at radius 2 is 1.59 bits per heavy atom. The van der Waals surface area contributed by atoms with Crippen molar-refractivity contribution in [1.29, 1.82) is 0 Å². The third-order valence-electron chi connectivity index (χ3n) is 7.82. The standard InChI is InChI=1S/C24H33N3O5.C7H12N2O2.C3H8.C2H6S/c1-24(2,3)21(22(30)27-13-7-10-18(27)15-28)26-23(31)25-14-19(29)32-20(17-11-12-17)16-8-5-4-6-9-16;8-5(3-4-1-2-4)6(10)7(9)11;1-3-2;1-2-3/h4-6,8-9,15,17-18,20-21H,7,10-14H2,1-3H3,(H2,25,26,31);4-5H,1-3,8H2,(H2,9,11);3H2,1-2H3;3H,2H2,1H3/t18?,20?,21-;;;/m1.../s1. The third-order valence-corrected chi connectivity index (χ3v) is 7.82. The lowest BCUT2D eigenvalue weighted by molar-refractivity contribution is -0.149. The molecule has 4 rings (SSSR count). The van der Waals surface area contributed by atoms with E-state index in [9.17, 15) is 28.8 Å². The molecule has 0 radical (unpaired) electrons. The fourth-order valence-electron chi connectivity index (χ4n) is 5.02. The van der Waals surface area contributed by atoms with E-state index < -0.39 is 47.2 Å². The summed E-state index contributed by atoms with van der Waals surface area (Å²) in [5.74, 6) is -0.574. The molecule has 1 saturated heterocycles. The van der Waals surface area contributed by atoms with Gasteiger partial charge in [-0.1, -0.05) is 91.1 Å². The predicted octanol–water partition coefficient (Wildman–Crippen LogP) is 4.11. The number of Topliss-reactive ketones (excluding diaryl/α,β-unsaturated/α-hetero) is 1. The average molecular weight is 706 g/mol. The van der Waals surface area contributed by atoms with Crippen LogP contribution < -0.4 is 22.1 Å². The molecule has 3 aliphatic rings. The van der Waals surface area contributed by atoms with Crippen molar-refractivity contribution in [2.24, 2.45) is 28.7 Å². The molecule has 6 N–H and O–H groups in total. The first-order valence-electron chi connectivity index (χ1n) is 17.4. The molecule has 3 unspecified atom stereocenters. The SMILES string of the molecule is CC(C)(C)[C@H](NC(=O)NCC(=O)OC(c1ccccc1)C1CC1)C(=O)N1CCCC1C=O.CCC.CCS.NC(=O)C(=O)C(N)CC1CC1. The largest absolute Gasteiger partial charge is 0.456 e. The Hall–Kier alpha value is -3.45. The highest BCUT2D eigenvalue weighted by Crippen LogP contribution is 2.43. The number of aldehydes is 1. The van der Waals surface area contributed by atoms with Crippen molar-refractivity contribution in [3.05, 3.63) is 35.9 Å². The molecule has 2 aliphatic carbocycles. The number of carbonyl (C=O) groups is 6. The van der Waals surface area contributed by atoms with Gasteiger partial charge >= 0.3 is 12.0 Å². The number of nitrogens with two attached hydrogens (primary N) is 2. The number of carbonyl (C=O) groups excluding carboxylic acids is 6. The van der Waals surface area contributed by atoms with Gasteiger partial charge in [0.2, 0.25) is 11.7 Å². The Morgan fingerprint density at radius 1 is 1.02 bits per heavy atom. The molecule has 2 saturated carbocycles. The van der Waals surface area contributed by atoms with E-state index in [1.807, 2.05) is 58.0 Å². The summed E-state index contributed by atoms with van der Waals surface area (Å²) in [6, 6.07) is 7.01. The van der Waals surface area contributed by atoms with Crippen molar-refractivity contribution < 1.29 is 33.5 Å². The van der Waals surface area contributed by atoms with Crippen LogP contribution in [0, 0.1) is 17.3 Å². The number of benzene rings is 1. The van der Waals surface area contributed by atoms with Gasteiger partial charge in [-0.3, -0.25) is 19.2 Å². The smallest absolute Gasteiger partial charge is 0.326 e. The first-order valence-corrected chi connectivity index (χ1v) is 18.0.